The summed E-state index contributed by atoms with van der Waals surface area (Å²) >= 11 is -1.10. The summed E-state index contributed by atoms with van der Waals surface area (Å²) in [5.74, 6) is -2.78. The maximum atomic E-state index is 14.9. The van der Waals surface area contributed by atoms with Crippen molar-refractivity contribution < 1.29 is 47.4 Å². The van der Waals surface area contributed by atoms with Crippen LogP contribution in [0.25, 0.3) is 0 Å². The fourth-order valence-corrected chi connectivity index (χ4v) is 5.88. The van der Waals surface area contributed by atoms with Gasteiger partial charge in [-0.2, -0.15) is 0 Å². The molecule has 1 unspecified atom stereocenters. The number of amides is 3. The molecule has 12 nitrogen and oxygen atoms in total. The lowest BCUT2D eigenvalue weighted by atomic mass is 9.91. The monoisotopic (exact) mass is 577 g/mol. The molecule has 40 heavy (non-hydrogen) atoms. The Hall–Kier alpha value is -4.33. The molecular weight excluding hydrogens is 549 g/mol. The van der Waals surface area contributed by atoms with E-state index in [-0.39, 0.29) is 48.2 Å². The first-order valence-electron chi connectivity index (χ1n) is 12.5. The number of imide groups is 1. The normalized spacial score (nSPS) is 18.9. The van der Waals surface area contributed by atoms with Gasteiger partial charge in [0.05, 0.1) is 30.3 Å². The van der Waals surface area contributed by atoms with Crippen molar-refractivity contribution in [1.29, 1.82) is 0 Å². The van der Waals surface area contributed by atoms with E-state index in [9.17, 15) is 33.2 Å². The van der Waals surface area contributed by atoms with Crippen LogP contribution < -0.4 is 4.90 Å². The number of carbonyl (C=O) groups is 6. The van der Waals surface area contributed by atoms with Crippen molar-refractivity contribution in [3.05, 3.63) is 59.7 Å². The van der Waals surface area contributed by atoms with Gasteiger partial charge < -0.3 is 14.2 Å². The number of hydrogen-bond acceptors (Lipinski definition) is 10. The number of benzene rings is 1. The summed E-state index contributed by atoms with van der Waals surface area (Å²) in [6, 6.07) is 6.85. The van der Waals surface area contributed by atoms with E-state index < -0.39 is 59.4 Å². The van der Waals surface area contributed by atoms with E-state index >= 15 is 0 Å². The maximum absolute atomic E-state index is 14.9. The van der Waals surface area contributed by atoms with Gasteiger partial charge in [-0.3, -0.25) is 36.0 Å². The highest BCUT2D eigenvalue weighted by molar-refractivity contribution is 8.15. The Morgan fingerprint density at radius 3 is 2.55 bits per heavy atom. The number of pyridine rings is 1. The predicted molar refractivity (Wildman–Crippen MR) is 143 cm³/mol. The van der Waals surface area contributed by atoms with Crippen LogP contribution in [0, 0.1) is 5.82 Å². The van der Waals surface area contributed by atoms with Crippen molar-refractivity contribution in [3.8, 4) is 0 Å². The highest BCUT2D eigenvalue weighted by Gasteiger charge is 2.37. The number of esters is 1. The zero-order chi connectivity index (χ0) is 28.8. The molecule has 1 aromatic heterocycles. The number of carbonyl (C=O) groups excluding carboxylic acids is 6. The molecule has 4 rings (SSSR count). The molecule has 3 heterocycles. The molecule has 3 amide bonds. The van der Waals surface area contributed by atoms with Crippen molar-refractivity contribution in [2.75, 3.05) is 37.0 Å². The summed E-state index contributed by atoms with van der Waals surface area (Å²) < 4.78 is 30.3. The van der Waals surface area contributed by atoms with Crippen LogP contribution in [0.4, 0.5) is 19.7 Å². The van der Waals surface area contributed by atoms with Gasteiger partial charge in [-0.05, 0) is 42.0 Å². The Balaban J connectivity index is 1.32. The minimum Gasteiger partial charge on any atom is -0.458 e. The lowest BCUT2D eigenvalue weighted by Crippen LogP contribution is -2.42. The van der Waals surface area contributed by atoms with Crippen molar-refractivity contribution in [2.24, 2.45) is 0 Å². The Labute approximate surface area is 231 Å². The van der Waals surface area contributed by atoms with Gasteiger partial charge in [0.2, 0.25) is 16.8 Å². The summed E-state index contributed by atoms with van der Waals surface area (Å²) in [7, 11) is 0. The molecule has 2 saturated heterocycles. The second-order valence-corrected chi connectivity index (χ2v) is 11.0. The highest BCUT2D eigenvalue weighted by Crippen LogP contribution is 2.33. The van der Waals surface area contributed by atoms with Crippen LogP contribution in [0.1, 0.15) is 35.2 Å². The molecule has 0 aliphatic carbocycles. The number of aromatic nitrogens is 1. The quantitative estimate of drug-likeness (QED) is 0.196. The molecule has 0 radical (unpaired) electrons. The van der Waals surface area contributed by atoms with Gasteiger partial charge in [0.15, 0.2) is 0 Å². The Morgan fingerprint density at radius 1 is 1.12 bits per heavy atom. The molecule has 0 spiro atoms. The van der Waals surface area contributed by atoms with Crippen molar-refractivity contribution in [3.63, 3.8) is 0 Å². The molecule has 2 fully saturated rings. The highest BCUT2D eigenvalue weighted by atomic mass is 32.2. The van der Waals surface area contributed by atoms with Crippen molar-refractivity contribution in [1.82, 2.24) is 9.88 Å². The molecule has 214 valence electrons. The number of halogens is 1. The minimum atomic E-state index is -1.10. The number of ketones is 1. The first-order chi connectivity index (χ1) is 19.2. The van der Waals surface area contributed by atoms with E-state index in [2.05, 4.69) is 4.98 Å². The van der Waals surface area contributed by atoms with E-state index in [0.29, 0.717) is 12.2 Å². The van der Waals surface area contributed by atoms with Crippen LogP contribution in [-0.4, -0.2) is 83.0 Å². The summed E-state index contributed by atoms with van der Waals surface area (Å²) in [5, 5.41) is -0.384. The molecule has 0 saturated carbocycles. The van der Waals surface area contributed by atoms with Gasteiger partial charge in [0.1, 0.15) is 25.1 Å². The van der Waals surface area contributed by atoms with Crippen LogP contribution >= 0.6 is 11.8 Å². The zero-order valence-electron chi connectivity index (χ0n) is 21.5. The van der Waals surface area contributed by atoms with E-state index in [4.69, 9.17) is 14.2 Å². The molecule has 2 aliphatic heterocycles. The Kier molecular flexibility index (Phi) is 9.09. The fourth-order valence-electron chi connectivity index (χ4n) is 4.45. The lowest BCUT2D eigenvalue weighted by molar-refractivity contribution is -0.133. The predicted octanol–water partition coefficient (Wildman–Crippen LogP) is 1.63. The van der Waals surface area contributed by atoms with E-state index in [1.807, 2.05) is 0 Å². The van der Waals surface area contributed by atoms with Gasteiger partial charge in [0, 0.05) is 19.3 Å². The summed E-state index contributed by atoms with van der Waals surface area (Å²) in [6.45, 7) is 0.141. The van der Waals surface area contributed by atoms with Crippen LogP contribution in [0.5, 0.6) is 0 Å². The van der Waals surface area contributed by atoms with Gasteiger partial charge in [-0.15, -0.1) is 0 Å². The molecule has 2 aliphatic rings. The maximum Gasteiger partial charge on any atom is 0.416 e. The van der Waals surface area contributed by atoms with E-state index in [1.54, 1.807) is 0 Å². The second-order valence-electron chi connectivity index (χ2n) is 9.17. The standard InChI is InChI=1S/C26H28FN3O9S/c1-15(31)29(25(35)38-10-9-37-23(33)16-4-7-28-8-5-16)13-18-14-30(26(36)39-18)17-2-3-19(21(27)12-17)20-6-11-40-24(34)22(20)32/h2-5,7-8,12,18,20H,6,9-11,13-14H2,1H3,40H4/t18-,20?/m0/s1. The zero-order valence-corrected chi connectivity index (χ0v) is 23.0. The van der Waals surface area contributed by atoms with Gasteiger partial charge >= 0.3 is 18.2 Å². The van der Waals surface area contributed by atoms with Crippen LogP contribution in [0.2, 0.25) is 0 Å². The lowest BCUT2D eigenvalue weighted by Gasteiger charge is -2.23. The number of cyclic esters (lactones) is 1. The Bertz CT molecular complexity index is 1340. The fraction of sp³-hybridized carbons (Fsp3) is 0.346. The van der Waals surface area contributed by atoms with Crippen LogP contribution in [0.3, 0.4) is 0 Å². The summed E-state index contributed by atoms with van der Waals surface area (Å²) in [5.41, 5.74) is 0.537. The third-order valence-corrected chi connectivity index (χ3v) is 8.04. The average Bonchev–Trinajstić information content (AvgIpc) is 3.31. The Morgan fingerprint density at radius 2 is 1.85 bits per heavy atom. The number of nitrogens with zero attached hydrogens (tertiary/aromatic N) is 3. The largest absolute Gasteiger partial charge is 0.458 e. The number of Topliss-reactive ketones (excluding diaryl/α,β-unsaturated/α-hetero) is 1. The number of ether oxygens (including phenoxy) is 3. The van der Waals surface area contributed by atoms with Crippen molar-refractivity contribution >= 4 is 52.4 Å². The smallest absolute Gasteiger partial charge is 0.416 e. The number of hydrogen-bond donors (Lipinski definition) is 0. The molecule has 2 aromatic rings. The first-order valence-corrected chi connectivity index (χ1v) is 14.2. The number of rotatable bonds is 8. The van der Waals surface area contributed by atoms with E-state index in [0.717, 1.165) is 22.8 Å². The van der Waals surface area contributed by atoms with Crippen molar-refractivity contribution in [2.45, 2.75) is 25.4 Å². The third kappa shape index (κ3) is 6.62. The molecule has 1 aromatic carbocycles. The SMILES string of the molecule is CC(=O)N(C[C@H]1CN(c2ccc(C3CC[SH4]C(=O)C3=O)c(F)c2)C(=O)O1)C(=O)OCCOC(=O)c1ccncc1. The molecule has 0 N–H and O–H groups in total. The second kappa shape index (κ2) is 12.7. The molecule has 2 atom stereocenters. The molecular formula is C26H28FN3O9S. The van der Waals surface area contributed by atoms with E-state index in [1.165, 1.54) is 36.7 Å². The van der Waals surface area contributed by atoms with Crippen LogP contribution in [0.15, 0.2) is 42.7 Å². The number of anilines is 1. The molecule has 14 heteroatoms. The third-order valence-electron chi connectivity index (χ3n) is 6.48. The summed E-state index contributed by atoms with van der Waals surface area (Å²) in [6.07, 6.45) is 0.505. The molecule has 0 bridgehead atoms. The van der Waals surface area contributed by atoms with Gasteiger partial charge in [-0.25, -0.2) is 23.7 Å². The van der Waals surface area contributed by atoms with Gasteiger partial charge in [0.25, 0.3) is 0 Å². The summed E-state index contributed by atoms with van der Waals surface area (Å²) in [4.78, 5) is 78.7. The first kappa shape index (κ1) is 28.7. The average molecular weight is 578 g/mol. The van der Waals surface area contributed by atoms with Crippen LogP contribution in [-0.2, 0) is 28.6 Å². The topological polar surface area (TPSA) is 149 Å². The minimum absolute atomic E-state index is 0.0926. The van der Waals surface area contributed by atoms with Gasteiger partial charge in [-0.1, -0.05) is 6.07 Å².